The Morgan fingerprint density at radius 1 is 1.21 bits per heavy atom. The number of carbonyl (C=O) groups excluding carboxylic acids is 2. The van der Waals surface area contributed by atoms with E-state index in [1.54, 1.807) is 13.1 Å². The van der Waals surface area contributed by atoms with E-state index in [2.05, 4.69) is 27.5 Å². The molecule has 1 aromatic heterocycles. The smallest absolute Gasteiger partial charge is 0.272 e. The van der Waals surface area contributed by atoms with E-state index in [4.69, 9.17) is 16.3 Å². The van der Waals surface area contributed by atoms with Crippen molar-refractivity contribution in [3.05, 3.63) is 52.3 Å². The first-order valence-electron chi connectivity index (χ1n) is 11.1. The van der Waals surface area contributed by atoms with Crippen molar-refractivity contribution in [2.24, 2.45) is 5.92 Å². The molecule has 1 heterocycles. The topological polar surface area (TPSA) is 93.2 Å². The third kappa shape index (κ3) is 4.81. The SMILES string of the molecule is Cc1cnc(C(=O)NC23CCC(NC(=O)COc4ccc(Cl)c(F)c4)(CC2)C(C)C3)c(C)n1. The van der Waals surface area contributed by atoms with E-state index < -0.39 is 5.82 Å². The second-order valence-corrected chi connectivity index (χ2v) is 9.76. The van der Waals surface area contributed by atoms with Crippen molar-refractivity contribution in [2.45, 2.75) is 64.0 Å². The first-order chi connectivity index (χ1) is 15.6. The average Bonchev–Trinajstić information content (AvgIpc) is 2.75. The van der Waals surface area contributed by atoms with Crippen molar-refractivity contribution >= 4 is 23.4 Å². The van der Waals surface area contributed by atoms with Gasteiger partial charge in [-0.05, 0) is 64.0 Å². The summed E-state index contributed by atoms with van der Waals surface area (Å²) < 4.78 is 19.0. The Balaban J connectivity index is 1.36. The van der Waals surface area contributed by atoms with E-state index in [0.29, 0.717) is 11.4 Å². The number of ether oxygens (including phenoxy) is 1. The van der Waals surface area contributed by atoms with Crippen LogP contribution >= 0.6 is 11.6 Å². The van der Waals surface area contributed by atoms with Crippen LogP contribution in [0.1, 0.15) is 60.9 Å². The Morgan fingerprint density at radius 3 is 2.58 bits per heavy atom. The normalized spacial score (nSPS) is 26.0. The van der Waals surface area contributed by atoms with E-state index >= 15 is 0 Å². The van der Waals surface area contributed by atoms with Crippen LogP contribution < -0.4 is 15.4 Å². The minimum absolute atomic E-state index is 0.00378. The maximum atomic E-state index is 13.6. The van der Waals surface area contributed by atoms with Gasteiger partial charge in [-0.15, -0.1) is 0 Å². The van der Waals surface area contributed by atoms with Crippen LogP contribution in [0.15, 0.2) is 24.4 Å². The zero-order valence-electron chi connectivity index (χ0n) is 19.0. The molecule has 2 N–H and O–H groups in total. The number of benzene rings is 1. The van der Waals surface area contributed by atoms with E-state index in [0.717, 1.165) is 43.9 Å². The van der Waals surface area contributed by atoms with Crippen molar-refractivity contribution in [2.75, 3.05) is 6.61 Å². The lowest BCUT2D eigenvalue weighted by Crippen LogP contribution is -2.67. The maximum absolute atomic E-state index is 13.6. The Hall–Kier alpha value is -2.74. The van der Waals surface area contributed by atoms with Gasteiger partial charge < -0.3 is 15.4 Å². The molecule has 0 spiro atoms. The molecule has 3 saturated carbocycles. The lowest BCUT2D eigenvalue weighted by atomic mass is 9.56. The standard InChI is InChI=1S/C24H28ClFN4O3/c1-14-11-23(30-22(32)21-16(3)28-15(2)12-27-21)6-8-24(14,9-7-23)29-20(31)13-33-17-4-5-18(25)19(26)10-17/h4-5,10,12,14H,6-9,11,13H2,1-3H3,(H,29,31)(H,30,32). The molecule has 1 atom stereocenters. The Labute approximate surface area is 197 Å². The largest absolute Gasteiger partial charge is 0.484 e. The van der Waals surface area contributed by atoms with E-state index in [1.807, 2.05) is 6.92 Å². The molecule has 3 aliphatic rings. The fraction of sp³-hybridized carbons (Fsp3) is 0.500. The molecule has 5 rings (SSSR count). The van der Waals surface area contributed by atoms with Gasteiger partial charge in [-0.25, -0.2) is 9.37 Å². The fourth-order valence-corrected chi connectivity index (χ4v) is 5.34. The second-order valence-electron chi connectivity index (χ2n) is 9.35. The first kappa shape index (κ1) is 23.4. The predicted molar refractivity (Wildman–Crippen MR) is 122 cm³/mol. The third-order valence-electron chi connectivity index (χ3n) is 7.05. The highest BCUT2D eigenvalue weighted by Gasteiger charge is 2.54. The number of rotatable bonds is 6. The first-order valence-corrected chi connectivity index (χ1v) is 11.5. The molecule has 2 bridgehead atoms. The molecular formula is C24H28ClFN4O3. The molecule has 3 aliphatic carbocycles. The van der Waals surface area contributed by atoms with Crippen LogP contribution in [0.3, 0.4) is 0 Å². The molecular weight excluding hydrogens is 447 g/mol. The number of halogens is 2. The van der Waals surface area contributed by atoms with Gasteiger partial charge in [-0.1, -0.05) is 18.5 Å². The Bertz CT molecular complexity index is 1090. The van der Waals surface area contributed by atoms with Crippen LogP contribution in [-0.4, -0.2) is 39.5 Å². The van der Waals surface area contributed by atoms with Gasteiger partial charge in [0.25, 0.3) is 11.8 Å². The quantitative estimate of drug-likeness (QED) is 0.662. The van der Waals surface area contributed by atoms with E-state index in [9.17, 15) is 14.0 Å². The molecule has 3 fully saturated rings. The van der Waals surface area contributed by atoms with Gasteiger partial charge in [0.05, 0.1) is 16.4 Å². The average molecular weight is 475 g/mol. The molecule has 1 unspecified atom stereocenters. The molecule has 1 aromatic carbocycles. The summed E-state index contributed by atoms with van der Waals surface area (Å²) in [6.07, 6.45) is 5.42. The summed E-state index contributed by atoms with van der Waals surface area (Å²) in [6, 6.07) is 4.08. The van der Waals surface area contributed by atoms with Crippen LogP contribution in [0, 0.1) is 25.6 Å². The lowest BCUT2D eigenvalue weighted by Gasteiger charge is -2.57. The molecule has 9 heteroatoms. The second kappa shape index (κ2) is 8.89. The highest BCUT2D eigenvalue weighted by atomic mass is 35.5. The van der Waals surface area contributed by atoms with Crippen molar-refractivity contribution < 1.29 is 18.7 Å². The van der Waals surface area contributed by atoms with Gasteiger partial charge in [-0.2, -0.15) is 0 Å². The number of hydrogen-bond acceptors (Lipinski definition) is 5. The lowest BCUT2D eigenvalue weighted by molar-refractivity contribution is -0.128. The molecule has 0 radical (unpaired) electrons. The molecule has 2 aromatic rings. The minimum atomic E-state index is -0.591. The Kier molecular flexibility index (Phi) is 6.31. The zero-order chi connectivity index (χ0) is 23.8. The molecule has 7 nitrogen and oxygen atoms in total. The third-order valence-corrected chi connectivity index (χ3v) is 7.36. The molecule has 176 valence electrons. The molecule has 2 amide bonds. The fourth-order valence-electron chi connectivity index (χ4n) is 5.23. The van der Waals surface area contributed by atoms with Gasteiger partial charge >= 0.3 is 0 Å². The van der Waals surface area contributed by atoms with E-state index in [1.165, 1.54) is 12.1 Å². The van der Waals surface area contributed by atoms with Crippen molar-refractivity contribution in [1.82, 2.24) is 20.6 Å². The summed E-state index contributed by atoms with van der Waals surface area (Å²) >= 11 is 5.68. The predicted octanol–water partition coefficient (Wildman–Crippen LogP) is 3.90. The number of aromatic nitrogens is 2. The van der Waals surface area contributed by atoms with Gasteiger partial charge in [0, 0.05) is 23.3 Å². The highest BCUT2D eigenvalue weighted by Crippen LogP contribution is 2.50. The number of nitrogens with zero attached hydrogens (tertiary/aromatic N) is 2. The van der Waals surface area contributed by atoms with Crippen LogP contribution in [0.4, 0.5) is 4.39 Å². The number of carbonyl (C=O) groups is 2. The van der Waals surface area contributed by atoms with E-state index in [-0.39, 0.29) is 46.2 Å². The van der Waals surface area contributed by atoms with Crippen molar-refractivity contribution in [1.29, 1.82) is 0 Å². The van der Waals surface area contributed by atoms with Crippen LogP contribution in [0.2, 0.25) is 5.02 Å². The molecule has 0 saturated heterocycles. The monoisotopic (exact) mass is 474 g/mol. The van der Waals surface area contributed by atoms with Gasteiger partial charge in [0.15, 0.2) is 6.61 Å². The number of fused-ring (bicyclic) bond motifs is 3. The van der Waals surface area contributed by atoms with Gasteiger partial charge in [0.2, 0.25) is 0 Å². The minimum Gasteiger partial charge on any atom is -0.484 e. The van der Waals surface area contributed by atoms with Crippen LogP contribution in [-0.2, 0) is 4.79 Å². The maximum Gasteiger partial charge on any atom is 0.272 e. The summed E-state index contributed by atoms with van der Waals surface area (Å²) in [5.74, 6) is -0.620. The number of aryl methyl sites for hydroxylation is 2. The number of nitrogens with one attached hydrogen (secondary N) is 2. The summed E-state index contributed by atoms with van der Waals surface area (Å²) in [4.78, 5) is 34.2. The zero-order valence-corrected chi connectivity index (χ0v) is 19.8. The number of amides is 2. The Morgan fingerprint density at radius 2 is 1.94 bits per heavy atom. The summed E-state index contributed by atoms with van der Waals surface area (Å²) in [6.45, 7) is 5.53. The van der Waals surface area contributed by atoms with Crippen LogP contribution in [0.25, 0.3) is 0 Å². The van der Waals surface area contributed by atoms with Crippen molar-refractivity contribution in [3.63, 3.8) is 0 Å². The summed E-state index contributed by atoms with van der Waals surface area (Å²) in [7, 11) is 0. The van der Waals surface area contributed by atoms with Crippen molar-refractivity contribution in [3.8, 4) is 5.75 Å². The summed E-state index contributed by atoms with van der Waals surface area (Å²) in [5.41, 5.74) is 1.11. The summed E-state index contributed by atoms with van der Waals surface area (Å²) in [5, 5.41) is 6.40. The van der Waals surface area contributed by atoms with Gasteiger partial charge in [-0.3, -0.25) is 14.6 Å². The molecule has 33 heavy (non-hydrogen) atoms. The van der Waals surface area contributed by atoms with Crippen LogP contribution in [0.5, 0.6) is 5.75 Å². The highest BCUT2D eigenvalue weighted by molar-refractivity contribution is 6.30. The number of hydrogen-bond donors (Lipinski definition) is 2. The van der Waals surface area contributed by atoms with Gasteiger partial charge in [0.1, 0.15) is 17.3 Å². The molecule has 0 aliphatic heterocycles.